The molecular formula is C11H13N3O2S. The van der Waals surface area contributed by atoms with Gasteiger partial charge >= 0.3 is 0 Å². The molecule has 1 unspecified atom stereocenters. The highest BCUT2D eigenvalue weighted by molar-refractivity contribution is 7.05. The van der Waals surface area contributed by atoms with E-state index in [-0.39, 0.29) is 6.10 Å². The Labute approximate surface area is 103 Å². The Morgan fingerprint density at radius 2 is 2.12 bits per heavy atom. The van der Waals surface area contributed by atoms with Crippen LogP contribution in [0, 0.1) is 0 Å². The smallest absolute Gasteiger partial charge is 0.138 e. The monoisotopic (exact) mass is 251 g/mol. The summed E-state index contributed by atoms with van der Waals surface area (Å²) in [7, 11) is 0. The SMILES string of the molecule is CC(C)Oc1cncc(C(O)c2cnns2)c1. The van der Waals surface area contributed by atoms with Gasteiger partial charge in [0.1, 0.15) is 11.9 Å². The van der Waals surface area contributed by atoms with E-state index in [1.165, 1.54) is 11.5 Å². The lowest BCUT2D eigenvalue weighted by atomic mass is 10.1. The first-order valence-electron chi connectivity index (χ1n) is 5.23. The first kappa shape index (κ1) is 11.9. The number of ether oxygens (including phenoxy) is 1. The molecule has 1 N–H and O–H groups in total. The zero-order chi connectivity index (χ0) is 12.3. The van der Waals surface area contributed by atoms with Crippen LogP contribution < -0.4 is 4.74 Å². The molecular weight excluding hydrogens is 238 g/mol. The van der Waals surface area contributed by atoms with E-state index >= 15 is 0 Å². The van der Waals surface area contributed by atoms with Crippen molar-refractivity contribution in [3.8, 4) is 5.75 Å². The van der Waals surface area contributed by atoms with Gasteiger partial charge in [-0.1, -0.05) is 4.49 Å². The number of rotatable bonds is 4. The summed E-state index contributed by atoms with van der Waals surface area (Å²) in [5.41, 5.74) is 0.675. The molecule has 5 nitrogen and oxygen atoms in total. The minimum absolute atomic E-state index is 0.0780. The highest BCUT2D eigenvalue weighted by Crippen LogP contribution is 2.25. The van der Waals surface area contributed by atoms with Crippen LogP contribution in [0.4, 0.5) is 0 Å². The first-order chi connectivity index (χ1) is 8.16. The molecule has 0 fully saturated rings. The Kier molecular flexibility index (Phi) is 3.65. The van der Waals surface area contributed by atoms with Gasteiger partial charge in [0.25, 0.3) is 0 Å². The summed E-state index contributed by atoms with van der Waals surface area (Å²) in [6.07, 6.45) is 4.11. The normalized spacial score (nSPS) is 12.7. The molecule has 0 aliphatic rings. The molecule has 1 atom stereocenters. The molecule has 0 aromatic carbocycles. The third-order valence-corrected chi connectivity index (χ3v) is 2.79. The number of aliphatic hydroxyl groups is 1. The van der Waals surface area contributed by atoms with Crippen molar-refractivity contribution in [3.63, 3.8) is 0 Å². The molecule has 2 rings (SSSR count). The van der Waals surface area contributed by atoms with Crippen molar-refractivity contribution in [3.05, 3.63) is 35.1 Å². The van der Waals surface area contributed by atoms with Crippen LogP contribution in [0.1, 0.15) is 30.4 Å². The van der Waals surface area contributed by atoms with Crippen LogP contribution in [-0.2, 0) is 0 Å². The molecule has 0 spiro atoms. The molecule has 2 heterocycles. The van der Waals surface area contributed by atoms with Gasteiger partial charge in [0.15, 0.2) is 0 Å². The second-order valence-electron chi connectivity index (χ2n) is 3.84. The summed E-state index contributed by atoms with van der Waals surface area (Å²) in [5, 5.41) is 13.8. The van der Waals surface area contributed by atoms with E-state index in [0.29, 0.717) is 16.2 Å². The summed E-state index contributed by atoms with van der Waals surface area (Å²) in [5.74, 6) is 0.647. The first-order valence-corrected chi connectivity index (χ1v) is 6.01. The predicted molar refractivity (Wildman–Crippen MR) is 64.0 cm³/mol. The van der Waals surface area contributed by atoms with Gasteiger partial charge in [-0.3, -0.25) is 4.98 Å². The van der Waals surface area contributed by atoms with E-state index in [9.17, 15) is 5.11 Å². The highest BCUT2D eigenvalue weighted by Gasteiger charge is 2.14. The summed E-state index contributed by atoms with van der Waals surface area (Å²) in [4.78, 5) is 4.74. The van der Waals surface area contributed by atoms with Gasteiger partial charge in [0.05, 0.1) is 23.4 Å². The summed E-state index contributed by atoms with van der Waals surface area (Å²) < 4.78 is 9.24. The standard InChI is InChI=1S/C11H13N3O2S/c1-7(2)16-9-3-8(4-12-5-9)11(15)10-6-13-14-17-10/h3-7,11,15H,1-2H3. The molecule has 0 saturated heterocycles. The molecule has 90 valence electrons. The average molecular weight is 251 g/mol. The average Bonchev–Trinajstić information content (AvgIpc) is 2.81. The van der Waals surface area contributed by atoms with Crippen LogP contribution in [0.25, 0.3) is 0 Å². The molecule has 0 amide bonds. The van der Waals surface area contributed by atoms with Gasteiger partial charge in [-0.05, 0) is 31.4 Å². The maximum atomic E-state index is 10.1. The summed E-state index contributed by atoms with van der Waals surface area (Å²) >= 11 is 1.17. The van der Waals surface area contributed by atoms with E-state index in [1.54, 1.807) is 24.7 Å². The van der Waals surface area contributed by atoms with Crippen LogP contribution in [0.3, 0.4) is 0 Å². The summed E-state index contributed by atoms with van der Waals surface area (Å²) in [6.45, 7) is 3.88. The lowest BCUT2D eigenvalue weighted by Gasteiger charge is -2.12. The second kappa shape index (κ2) is 5.20. The van der Waals surface area contributed by atoms with Crippen molar-refractivity contribution >= 4 is 11.5 Å². The number of hydrogen-bond donors (Lipinski definition) is 1. The fourth-order valence-corrected chi connectivity index (χ4v) is 1.90. The third-order valence-electron chi connectivity index (χ3n) is 2.07. The number of aliphatic hydroxyl groups excluding tert-OH is 1. The fraction of sp³-hybridized carbons (Fsp3) is 0.364. The minimum atomic E-state index is -0.752. The van der Waals surface area contributed by atoms with E-state index in [2.05, 4.69) is 14.6 Å². The number of nitrogens with zero attached hydrogens (tertiary/aromatic N) is 3. The van der Waals surface area contributed by atoms with Crippen molar-refractivity contribution in [2.75, 3.05) is 0 Å². The Morgan fingerprint density at radius 3 is 2.76 bits per heavy atom. The quantitative estimate of drug-likeness (QED) is 0.897. The Bertz CT molecular complexity index is 473. The molecule has 6 heteroatoms. The lowest BCUT2D eigenvalue weighted by molar-refractivity contribution is 0.218. The maximum Gasteiger partial charge on any atom is 0.138 e. The molecule has 0 saturated carbocycles. The Hall–Kier alpha value is -1.53. The Morgan fingerprint density at radius 1 is 1.29 bits per heavy atom. The molecule has 0 bridgehead atoms. The molecule has 0 radical (unpaired) electrons. The second-order valence-corrected chi connectivity index (χ2v) is 4.66. The van der Waals surface area contributed by atoms with Crippen molar-refractivity contribution in [2.45, 2.75) is 26.1 Å². The topological polar surface area (TPSA) is 68.1 Å². The molecule has 17 heavy (non-hydrogen) atoms. The zero-order valence-corrected chi connectivity index (χ0v) is 10.4. The van der Waals surface area contributed by atoms with Gasteiger partial charge in [-0.2, -0.15) is 0 Å². The van der Waals surface area contributed by atoms with Gasteiger partial charge < -0.3 is 9.84 Å². The van der Waals surface area contributed by atoms with Crippen molar-refractivity contribution in [2.24, 2.45) is 0 Å². The highest BCUT2D eigenvalue weighted by atomic mass is 32.1. The van der Waals surface area contributed by atoms with Crippen molar-refractivity contribution < 1.29 is 9.84 Å². The molecule has 2 aromatic heterocycles. The zero-order valence-electron chi connectivity index (χ0n) is 9.57. The predicted octanol–water partition coefficient (Wildman–Crippen LogP) is 1.80. The van der Waals surface area contributed by atoms with Gasteiger partial charge in [-0.25, -0.2) is 0 Å². The molecule has 0 aliphatic carbocycles. The van der Waals surface area contributed by atoms with Crippen LogP contribution in [0.2, 0.25) is 0 Å². The van der Waals surface area contributed by atoms with Crippen LogP contribution >= 0.6 is 11.5 Å². The van der Waals surface area contributed by atoms with Crippen LogP contribution in [0.15, 0.2) is 24.7 Å². The Balaban J connectivity index is 2.21. The van der Waals surface area contributed by atoms with E-state index < -0.39 is 6.10 Å². The molecule has 2 aromatic rings. The molecule has 0 aliphatic heterocycles. The lowest BCUT2D eigenvalue weighted by Crippen LogP contribution is -2.07. The van der Waals surface area contributed by atoms with Crippen LogP contribution in [-0.4, -0.2) is 25.8 Å². The van der Waals surface area contributed by atoms with Crippen molar-refractivity contribution in [1.29, 1.82) is 0 Å². The largest absolute Gasteiger partial charge is 0.489 e. The van der Waals surface area contributed by atoms with Gasteiger partial charge in [0, 0.05) is 11.8 Å². The van der Waals surface area contributed by atoms with Crippen molar-refractivity contribution in [1.82, 2.24) is 14.6 Å². The third kappa shape index (κ3) is 2.98. The van der Waals surface area contributed by atoms with Gasteiger partial charge in [0.2, 0.25) is 0 Å². The van der Waals surface area contributed by atoms with E-state index in [4.69, 9.17) is 4.74 Å². The maximum absolute atomic E-state index is 10.1. The van der Waals surface area contributed by atoms with E-state index in [0.717, 1.165) is 0 Å². The fourth-order valence-electron chi connectivity index (χ4n) is 1.38. The number of aromatic nitrogens is 3. The van der Waals surface area contributed by atoms with Crippen LogP contribution in [0.5, 0.6) is 5.75 Å². The number of pyridine rings is 1. The number of hydrogen-bond acceptors (Lipinski definition) is 6. The van der Waals surface area contributed by atoms with E-state index in [1.807, 2.05) is 13.8 Å². The minimum Gasteiger partial charge on any atom is -0.489 e. The van der Waals surface area contributed by atoms with Gasteiger partial charge in [-0.15, -0.1) is 5.10 Å². The summed E-state index contributed by atoms with van der Waals surface area (Å²) in [6, 6.07) is 1.78.